The molecule has 7 heterocycles. The van der Waals surface area contributed by atoms with Gasteiger partial charge >= 0.3 is 5.97 Å². The van der Waals surface area contributed by atoms with E-state index in [4.69, 9.17) is 10.2 Å². The van der Waals surface area contributed by atoms with Crippen molar-refractivity contribution in [3.05, 3.63) is 64.7 Å². The summed E-state index contributed by atoms with van der Waals surface area (Å²) in [5.74, 6) is 0.450. The Balaban J connectivity index is 1.00. The summed E-state index contributed by atoms with van der Waals surface area (Å²) in [6.45, 7) is 10.3. The summed E-state index contributed by atoms with van der Waals surface area (Å²) in [6, 6.07) is 7.03. The first kappa shape index (κ1) is 36.1. The highest BCUT2D eigenvalue weighted by molar-refractivity contribution is 5.85. The molecule has 1 aromatic carbocycles. The van der Waals surface area contributed by atoms with E-state index in [1.54, 1.807) is 43.2 Å². The lowest BCUT2D eigenvalue weighted by Gasteiger charge is -2.44. The van der Waals surface area contributed by atoms with Crippen LogP contribution in [0.3, 0.4) is 0 Å². The van der Waals surface area contributed by atoms with Gasteiger partial charge in [-0.05, 0) is 79.3 Å². The summed E-state index contributed by atoms with van der Waals surface area (Å²) in [5.41, 5.74) is 5.27. The molecule has 0 bridgehead atoms. The molecular weight excluding hydrogens is 694 g/mol. The number of fused-ring (bicyclic) bond motifs is 2. The molecule has 0 spiro atoms. The number of carbonyl (C=O) groups excluding carboxylic acids is 1. The second-order valence-corrected chi connectivity index (χ2v) is 15.8. The molecule has 1 N–H and O–H groups in total. The number of hydrogen-bond donors (Lipinski definition) is 1. The van der Waals surface area contributed by atoms with E-state index in [0.29, 0.717) is 43.0 Å². The zero-order valence-corrected chi connectivity index (χ0v) is 31.2. The molecule has 4 aliphatic heterocycles. The number of aromatic nitrogens is 6. The first-order valence-electron chi connectivity index (χ1n) is 19.1. The number of rotatable bonds is 8. The van der Waals surface area contributed by atoms with E-state index in [9.17, 15) is 18.4 Å². The predicted molar refractivity (Wildman–Crippen MR) is 199 cm³/mol. The third-order valence-corrected chi connectivity index (χ3v) is 12.1. The van der Waals surface area contributed by atoms with Crippen molar-refractivity contribution in [2.24, 2.45) is 12.5 Å². The minimum Gasteiger partial charge on any atom is -0.476 e. The van der Waals surface area contributed by atoms with Crippen LogP contribution in [0.5, 0.6) is 0 Å². The van der Waals surface area contributed by atoms with Gasteiger partial charge in [-0.2, -0.15) is 10.2 Å². The second-order valence-electron chi connectivity index (χ2n) is 15.8. The van der Waals surface area contributed by atoms with E-state index < -0.39 is 12.4 Å². The summed E-state index contributed by atoms with van der Waals surface area (Å²) in [5, 5.41) is 26.7. The van der Waals surface area contributed by atoms with Gasteiger partial charge in [0.15, 0.2) is 17.3 Å². The maximum Gasteiger partial charge on any atom is 0.356 e. The van der Waals surface area contributed by atoms with Gasteiger partial charge in [-0.1, -0.05) is 6.92 Å². The van der Waals surface area contributed by atoms with Crippen LogP contribution >= 0.6 is 0 Å². The number of carboxylic acid groups (broad SMARTS) is 1. The number of aryl methyl sites for hydroxylation is 2. The Kier molecular flexibility index (Phi) is 9.61. The van der Waals surface area contributed by atoms with Crippen LogP contribution in [0.1, 0.15) is 91.3 Å². The summed E-state index contributed by atoms with van der Waals surface area (Å²) in [4.78, 5) is 32.6. The van der Waals surface area contributed by atoms with Crippen molar-refractivity contribution in [3.8, 4) is 11.1 Å². The van der Waals surface area contributed by atoms with Crippen LogP contribution in [-0.2, 0) is 31.2 Å². The van der Waals surface area contributed by atoms with Crippen LogP contribution in [0, 0.1) is 5.41 Å². The fraction of sp³-hybridized carbons (Fsp3) is 0.538. The van der Waals surface area contributed by atoms with Gasteiger partial charge in [-0.3, -0.25) is 14.2 Å². The first-order valence-corrected chi connectivity index (χ1v) is 19.1. The number of nitrogens with zero attached hydrogens (tertiary/aromatic N) is 10. The van der Waals surface area contributed by atoms with Crippen molar-refractivity contribution in [2.75, 3.05) is 55.6 Å². The van der Waals surface area contributed by atoms with Crippen molar-refractivity contribution in [3.63, 3.8) is 0 Å². The summed E-state index contributed by atoms with van der Waals surface area (Å²) in [6.07, 6.45) is 7.05. The minimum atomic E-state index is -2.65. The fourth-order valence-electron chi connectivity index (χ4n) is 8.98. The maximum atomic E-state index is 14.7. The number of anilines is 3. The molecule has 8 rings (SSSR count). The van der Waals surface area contributed by atoms with E-state index in [1.807, 2.05) is 11.0 Å². The van der Waals surface area contributed by atoms with Crippen molar-refractivity contribution in [2.45, 2.75) is 77.8 Å². The van der Waals surface area contributed by atoms with Gasteiger partial charge in [0, 0.05) is 100 Å². The van der Waals surface area contributed by atoms with Crippen LogP contribution < -0.4 is 9.80 Å². The Morgan fingerprint density at radius 1 is 1.02 bits per heavy atom. The molecule has 4 aromatic rings. The molecule has 54 heavy (non-hydrogen) atoms. The number of amides is 1. The number of alkyl halides is 2. The summed E-state index contributed by atoms with van der Waals surface area (Å²) < 4.78 is 33.2. The Morgan fingerprint density at radius 2 is 1.80 bits per heavy atom. The highest BCUT2D eigenvalue weighted by Crippen LogP contribution is 2.44. The molecule has 2 saturated heterocycles. The van der Waals surface area contributed by atoms with Gasteiger partial charge in [0.1, 0.15) is 0 Å². The van der Waals surface area contributed by atoms with Crippen LogP contribution in [0.15, 0.2) is 36.7 Å². The van der Waals surface area contributed by atoms with Gasteiger partial charge < -0.3 is 24.7 Å². The van der Waals surface area contributed by atoms with Crippen molar-refractivity contribution < 1.29 is 23.5 Å². The normalized spacial score (nSPS) is 19.3. The van der Waals surface area contributed by atoms with Crippen molar-refractivity contribution >= 4 is 29.2 Å². The smallest absolute Gasteiger partial charge is 0.356 e. The highest BCUT2D eigenvalue weighted by Gasteiger charge is 2.37. The van der Waals surface area contributed by atoms with E-state index in [2.05, 4.69) is 41.6 Å². The molecule has 15 heteroatoms. The van der Waals surface area contributed by atoms with Crippen molar-refractivity contribution in [1.29, 1.82) is 0 Å². The minimum absolute atomic E-state index is 0.0119. The average molecular weight is 743 g/mol. The van der Waals surface area contributed by atoms with Crippen LogP contribution in [0.25, 0.3) is 11.1 Å². The largest absolute Gasteiger partial charge is 0.476 e. The Morgan fingerprint density at radius 3 is 2.44 bits per heavy atom. The molecular formula is C39H48F2N10O3. The first-order chi connectivity index (χ1) is 26.0. The zero-order chi connectivity index (χ0) is 37.7. The standard InChI is InChI=1S/C39H48F2N10O3/c1-25(52)49-16-10-33-31(23-49)37(50-13-4-5-26-19-29(27-21-42-46(3)22-27)30(36(40)41)20-34(26)50)45-51(33)28-8-14-47(15-9-28)24-39(2)11-17-48(18-12-39)35-7-6-32(38(53)54)43-44-35/h6-7,19-22,28,36H,4-5,8-18,23-24H2,1-3H3,(H,53,54). The molecule has 0 unspecified atom stereocenters. The molecule has 286 valence electrons. The van der Waals surface area contributed by atoms with Gasteiger partial charge in [0.25, 0.3) is 6.43 Å². The zero-order valence-electron chi connectivity index (χ0n) is 31.2. The van der Waals surface area contributed by atoms with Gasteiger partial charge in [0.2, 0.25) is 5.91 Å². The monoisotopic (exact) mass is 742 g/mol. The van der Waals surface area contributed by atoms with Crippen LogP contribution in [-0.4, -0.2) is 102 Å². The van der Waals surface area contributed by atoms with E-state index in [-0.39, 0.29) is 28.6 Å². The SMILES string of the molecule is CC(=O)N1CCc2c(c(N3CCCc4cc(-c5cnn(C)c5)c(C(F)F)cc43)nn2C2CCN(CC3(C)CCN(c4ccc(C(=O)O)nn4)CC3)CC2)C1. The Bertz CT molecular complexity index is 2030. The van der Waals surface area contributed by atoms with Gasteiger partial charge in [-0.15, -0.1) is 10.2 Å². The van der Waals surface area contributed by atoms with E-state index >= 15 is 0 Å². The number of aromatic carboxylic acids is 1. The number of benzene rings is 1. The van der Waals surface area contributed by atoms with Gasteiger partial charge in [-0.25, -0.2) is 13.6 Å². The lowest BCUT2D eigenvalue weighted by Crippen LogP contribution is -2.47. The number of hydrogen-bond acceptors (Lipinski definition) is 9. The molecule has 0 saturated carbocycles. The second kappa shape index (κ2) is 14.4. The molecule has 0 aliphatic carbocycles. The Labute approximate surface area is 313 Å². The molecule has 4 aliphatic rings. The number of piperidine rings is 2. The summed E-state index contributed by atoms with van der Waals surface area (Å²) in [7, 11) is 1.79. The third kappa shape index (κ3) is 6.93. The maximum absolute atomic E-state index is 14.7. The van der Waals surface area contributed by atoms with Crippen LogP contribution in [0.2, 0.25) is 0 Å². The number of likely N-dealkylation sites (tertiary alicyclic amines) is 1. The Hall–Kier alpha value is -4.92. The third-order valence-electron chi connectivity index (χ3n) is 12.1. The molecule has 1 amide bonds. The molecule has 13 nitrogen and oxygen atoms in total. The number of halogens is 2. The summed E-state index contributed by atoms with van der Waals surface area (Å²) >= 11 is 0. The van der Waals surface area contributed by atoms with Gasteiger partial charge in [0.05, 0.1) is 18.8 Å². The number of carbonyl (C=O) groups is 2. The molecule has 2 fully saturated rings. The number of carboxylic acids is 1. The lowest BCUT2D eigenvalue weighted by molar-refractivity contribution is -0.129. The average Bonchev–Trinajstić information content (AvgIpc) is 3.78. The molecule has 0 radical (unpaired) electrons. The predicted octanol–water partition coefficient (Wildman–Crippen LogP) is 5.64. The highest BCUT2D eigenvalue weighted by atomic mass is 19.3. The van der Waals surface area contributed by atoms with E-state index in [1.165, 1.54) is 6.07 Å². The lowest BCUT2D eigenvalue weighted by atomic mass is 9.79. The fourth-order valence-corrected chi connectivity index (χ4v) is 8.98. The van der Waals surface area contributed by atoms with E-state index in [0.717, 1.165) is 99.6 Å². The molecule has 3 aromatic heterocycles. The quantitative estimate of drug-likeness (QED) is 0.242. The molecule has 0 atom stereocenters. The van der Waals surface area contributed by atoms with Crippen molar-refractivity contribution in [1.82, 2.24) is 39.6 Å². The van der Waals surface area contributed by atoms with Crippen LogP contribution in [0.4, 0.5) is 26.1 Å². The topological polar surface area (TPSA) is 129 Å².